The van der Waals surface area contributed by atoms with Crippen LogP contribution in [-0.2, 0) is 17.9 Å². The second kappa shape index (κ2) is 8.51. The summed E-state index contributed by atoms with van der Waals surface area (Å²) in [6.07, 6.45) is 0. The number of fused-ring (bicyclic) bond motifs is 1. The molecule has 0 amide bonds. The van der Waals surface area contributed by atoms with Crippen LogP contribution in [0.2, 0.25) is 0 Å². The molecule has 0 atom stereocenters. The highest BCUT2D eigenvalue weighted by atomic mass is 16.6. The van der Waals surface area contributed by atoms with Crippen molar-refractivity contribution in [2.45, 2.75) is 39.8 Å². The molecule has 2 aromatic carbocycles. The van der Waals surface area contributed by atoms with Gasteiger partial charge < -0.3 is 9.26 Å². The van der Waals surface area contributed by atoms with E-state index < -0.39 is 5.97 Å². The number of carbonyl (C=O) groups excluding carboxylic acids is 1. The standard InChI is InChI=1S/C23H22N4O4/c1-4-27-22(28)18-8-6-5-7-17(18)20(25-27)23(29)30-13-19-24-21(26-31-19)16-11-9-15(10-12-16)14(2)3/h5-12,14H,4,13H2,1-3H3. The first-order valence-corrected chi connectivity index (χ1v) is 10.1. The Morgan fingerprint density at radius 3 is 2.48 bits per heavy atom. The van der Waals surface area contributed by atoms with E-state index in [9.17, 15) is 9.59 Å². The Kier molecular flexibility index (Phi) is 5.62. The van der Waals surface area contributed by atoms with Crippen molar-refractivity contribution in [2.75, 3.05) is 0 Å². The molecule has 0 unspecified atom stereocenters. The molecule has 2 aromatic heterocycles. The highest BCUT2D eigenvalue weighted by Crippen LogP contribution is 2.21. The van der Waals surface area contributed by atoms with Crippen LogP contribution in [0.25, 0.3) is 22.2 Å². The van der Waals surface area contributed by atoms with Crippen LogP contribution < -0.4 is 5.56 Å². The number of benzene rings is 2. The van der Waals surface area contributed by atoms with Gasteiger partial charge in [-0.1, -0.05) is 61.5 Å². The molecule has 4 aromatic rings. The Morgan fingerprint density at radius 1 is 1.10 bits per heavy atom. The summed E-state index contributed by atoms with van der Waals surface area (Å²) < 4.78 is 11.8. The van der Waals surface area contributed by atoms with Crippen LogP contribution >= 0.6 is 0 Å². The van der Waals surface area contributed by atoms with Crippen LogP contribution in [0.5, 0.6) is 0 Å². The van der Waals surface area contributed by atoms with Crippen LogP contribution in [0.4, 0.5) is 0 Å². The van der Waals surface area contributed by atoms with Crippen molar-refractivity contribution in [3.8, 4) is 11.4 Å². The summed E-state index contributed by atoms with van der Waals surface area (Å²) >= 11 is 0. The van der Waals surface area contributed by atoms with Crippen molar-refractivity contribution in [1.82, 2.24) is 19.9 Å². The molecule has 8 heteroatoms. The van der Waals surface area contributed by atoms with Gasteiger partial charge in [-0.25, -0.2) is 9.48 Å². The third kappa shape index (κ3) is 4.09. The number of aryl methyl sites for hydroxylation is 1. The molecule has 8 nitrogen and oxygen atoms in total. The molecule has 0 radical (unpaired) electrons. The summed E-state index contributed by atoms with van der Waals surface area (Å²) in [6, 6.07) is 14.7. The number of carbonyl (C=O) groups is 1. The first-order chi connectivity index (χ1) is 15.0. The van der Waals surface area contributed by atoms with Crippen LogP contribution in [0, 0.1) is 0 Å². The molecule has 0 bridgehead atoms. The van der Waals surface area contributed by atoms with Crippen molar-refractivity contribution in [3.05, 3.63) is 76.0 Å². The van der Waals surface area contributed by atoms with Crippen LogP contribution in [-0.4, -0.2) is 25.9 Å². The summed E-state index contributed by atoms with van der Waals surface area (Å²) in [5.41, 5.74) is 1.85. The van der Waals surface area contributed by atoms with Gasteiger partial charge in [-0.05, 0) is 24.5 Å². The molecule has 158 valence electrons. The first kappa shape index (κ1) is 20.5. The molecular formula is C23H22N4O4. The van der Waals surface area contributed by atoms with Gasteiger partial charge in [0.05, 0.1) is 5.39 Å². The van der Waals surface area contributed by atoms with Gasteiger partial charge in [-0.3, -0.25) is 4.79 Å². The lowest BCUT2D eigenvalue weighted by molar-refractivity contribution is 0.0422. The summed E-state index contributed by atoms with van der Waals surface area (Å²) in [6.45, 7) is 6.18. The number of ether oxygens (including phenoxy) is 1. The van der Waals surface area contributed by atoms with Crippen LogP contribution in [0.15, 0.2) is 57.8 Å². The minimum Gasteiger partial charge on any atom is -0.451 e. The van der Waals surface area contributed by atoms with Crippen molar-refractivity contribution in [3.63, 3.8) is 0 Å². The average Bonchev–Trinajstić information content (AvgIpc) is 3.27. The maximum atomic E-state index is 12.7. The van der Waals surface area contributed by atoms with Gasteiger partial charge in [-0.15, -0.1) is 0 Å². The van der Waals surface area contributed by atoms with Crippen LogP contribution in [0.1, 0.15) is 48.6 Å². The number of hydrogen-bond donors (Lipinski definition) is 0. The SMILES string of the molecule is CCn1nc(C(=O)OCc2nc(-c3ccc(C(C)C)cc3)no2)c2ccccc2c1=O. The highest BCUT2D eigenvalue weighted by Gasteiger charge is 2.19. The van der Waals surface area contributed by atoms with Gasteiger partial charge in [0, 0.05) is 17.5 Å². The number of hydrogen-bond acceptors (Lipinski definition) is 7. The molecule has 0 aliphatic carbocycles. The van der Waals surface area contributed by atoms with E-state index in [-0.39, 0.29) is 23.8 Å². The number of rotatable bonds is 6. The Hall–Kier alpha value is -3.81. The zero-order chi connectivity index (χ0) is 22.0. The lowest BCUT2D eigenvalue weighted by atomic mass is 10.0. The zero-order valence-electron chi connectivity index (χ0n) is 17.5. The van der Waals surface area contributed by atoms with E-state index in [1.54, 1.807) is 31.2 Å². The molecule has 0 aliphatic heterocycles. The molecule has 0 saturated heterocycles. The Bertz CT molecular complexity index is 1290. The lowest BCUT2D eigenvalue weighted by Crippen LogP contribution is -2.25. The van der Waals surface area contributed by atoms with Gasteiger partial charge in [0.25, 0.3) is 11.4 Å². The maximum Gasteiger partial charge on any atom is 0.359 e. The molecule has 0 spiro atoms. The molecule has 0 fully saturated rings. The van der Waals surface area contributed by atoms with Crippen LogP contribution in [0.3, 0.4) is 0 Å². The van der Waals surface area contributed by atoms with Gasteiger partial charge in [-0.2, -0.15) is 10.1 Å². The normalized spacial score (nSPS) is 11.2. The van der Waals surface area contributed by atoms with E-state index in [0.717, 1.165) is 5.56 Å². The molecular weight excluding hydrogens is 396 g/mol. The van der Waals surface area contributed by atoms with Crippen molar-refractivity contribution < 1.29 is 14.1 Å². The van der Waals surface area contributed by atoms with Crippen molar-refractivity contribution >= 4 is 16.7 Å². The van der Waals surface area contributed by atoms with E-state index >= 15 is 0 Å². The molecule has 31 heavy (non-hydrogen) atoms. The topological polar surface area (TPSA) is 100 Å². The van der Waals surface area contributed by atoms with Crippen molar-refractivity contribution in [2.24, 2.45) is 0 Å². The molecule has 0 aliphatic rings. The molecule has 2 heterocycles. The number of nitrogens with zero attached hydrogens (tertiary/aromatic N) is 4. The summed E-state index contributed by atoms with van der Waals surface area (Å²) in [5, 5.41) is 8.99. The van der Waals surface area contributed by atoms with E-state index in [1.165, 1.54) is 10.2 Å². The molecule has 0 saturated carbocycles. The second-order valence-electron chi connectivity index (χ2n) is 7.38. The van der Waals surface area contributed by atoms with E-state index in [4.69, 9.17) is 9.26 Å². The first-order valence-electron chi connectivity index (χ1n) is 10.1. The third-order valence-corrected chi connectivity index (χ3v) is 4.99. The van der Waals surface area contributed by atoms with E-state index in [0.29, 0.717) is 29.1 Å². The fourth-order valence-corrected chi connectivity index (χ4v) is 3.24. The van der Waals surface area contributed by atoms with Gasteiger partial charge in [0.1, 0.15) is 0 Å². The molecule has 4 rings (SSSR count). The monoisotopic (exact) mass is 418 g/mol. The van der Waals surface area contributed by atoms with Gasteiger partial charge >= 0.3 is 5.97 Å². The predicted molar refractivity (Wildman–Crippen MR) is 115 cm³/mol. The Labute approximate surface area is 178 Å². The average molecular weight is 418 g/mol. The fourth-order valence-electron chi connectivity index (χ4n) is 3.24. The fraction of sp³-hybridized carbons (Fsp3) is 0.261. The Morgan fingerprint density at radius 2 is 1.81 bits per heavy atom. The summed E-state index contributed by atoms with van der Waals surface area (Å²) in [4.78, 5) is 29.4. The largest absolute Gasteiger partial charge is 0.451 e. The quantitative estimate of drug-likeness (QED) is 0.437. The minimum absolute atomic E-state index is 0.0704. The van der Waals surface area contributed by atoms with E-state index in [1.807, 2.05) is 24.3 Å². The maximum absolute atomic E-state index is 12.7. The Balaban J connectivity index is 1.52. The lowest BCUT2D eigenvalue weighted by Gasteiger charge is -2.08. The number of esters is 1. The smallest absolute Gasteiger partial charge is 0.359 e. The van der Waals surface area contributed by atoms with Gasteiger partial charge in [0.15, 0.2) is 12.3 Å². The second-order valence-corrected chi connectivity index (χ2v) is 7.38. The highest BCUT2D eigenvalue weighted by molar-refractivity contribution is 6.02. The van der Waals surface area contributed by atoms with Gasteiger partial charge in [0.2, 0.25) is 5.82 Å². The van der Waals surface area contributed by atoms with E-state index in [2.05, 4.69) is 29.1 Å². The minimum atomic E-state index is -0.667. The predicted octanol–water partition coefficient (Wildman–Crippen LogP) is 3.95. The van der Waals surface area contributed by atoms with Crippen molar-refractivity contribution in [1.29, 1.82) is 0 Å². The summed E-state index contributed by atoms with van der Waals surface area (Å²) in [7, 11) is 0. The molecule has 0 N–H and O–H groups in total. The zero-order valence-corrected chi connectivity index (χ0v) is 17.5. The third-order valence-electron chi connectivity index (χ3n) is 4.99. The number of aromatic nitrogens is 4. The summed E-state index contributed by atoms with van der Waals surface area (Å²) in [5.74, 6) is 0.356.